The van der Waals surface area contributed by atoms with Crippen LogP contribution in [0.1, 0.15) is 40.7 Å². The summed E-state index contributed by atoms with van der Waals surface area (Å²) in [6, 6.07) is 14.7. The zero-order chi connectivity index (χ0) is 52.1. The van der Waals surface area contributed by atoms with E-state index in [-0.39, 0.29) is 59.4 Å². The number of ketones is 2. The van der Waals surface area contributed by atoms with E-state index in [0.29, 0.717) is 95.3 Å². The van der Waals surface area contributed by atoms with Crippen molar-refractivity contribution in [3.63, 3.8) is 0 Å². The van der Waals surface area contributed by atoms with Gasteiger partial charge < -0.3 is 39.4 Å². The lowest BCUT2D eigenvalue weighted by Crippen LogP contribution is -2.17. The summed E-state index contributed by atoms with van der Waals surface area (Å²) in [6.45, 7) is 3.44. The van der Waals surface area contributed by atoms with E-state index in [1.54, 1.807) is 36.4 Å². The molecular formula is C55H54F4N8O6. The minimum Gasteiger partial charge on any atom is -0.488 e. The van der Waals surface area contributed by atoms with Gasteiger partial charge in [-0.25, -0.2) is 24.3 Å². The first-order valence-corrected chi connectivity index (χ1v) is 23.3. The van der Waals surface area contributed by atoms with Crippen LogP contribution >= 0.6 is 0 Å². The van der Waals surface area contributed by atoms with Crippen LogP contribution in [0.15, 0.2) is 97.6 Å². The zero-order valence-electron chi connectivity index (χ0n) is 40.8. The Morgan fingerprint density at radius 3 is 1.70 bits per heavy atom. The number of nitrogens with one attached hydrogen (secondary N) is 2. The average molecular weight is 999 g/mol. The Morgan fingerprint density at radius 1 is 0.712 bits per heavy atom. The molecule has 2 aliphatic rings. The van der Waals surface area contributed by atoms with Gasteiger partial charge in [-0.1, -0.05) is 24.0 Å². The van der Waals surface area contributed by atoms with Crippen molar-refractivity contribution >= 4 is 56.4 Å². The maximum Gasteiger partial charge on any atom is 0.416 e. The number of benzene rings is 4. The fraction of sp³-hybridized carbons (Fsp3) is 0.309. The fourth-order valence-electron chi connectivity index (χ4n) is 7.73. The highest BCUT2D eigenvalue weighted by atomic mass is 19.4. The van der Waals surface area contributed by atoms with Gasteiger partial charge in [0, 0.05) is 89.6 Å². The monoisotopic (exact) mass is 998 g/mol. The van der Waals surface area contributed by atoms with E-state index in [9.17, 15) is 27.2 Å². The number of fused-ring (bicyclic) bond motifs is 2. The molecule has 2 N–H and O–H groups in total. The lowest BCUT2D eigenvalue weighted by atomic mass is 10.0. The first-order valence-electron chi connectivity index (χ1n) is 23.3. The normalized spacial score (nSPS) is 15.7. The molecule has 4 aromatic carbocycles. The number of likely N-dealkylation sites (N-methyl/N-ethyl adjacent to an activating group) is 2. The molecule has 2 aromatic heterocycles. The number of ether oxygens (including phenoxy) is 4. The number of terminal acetylenes is 2. The third kappa shape index (κ3) is 14.9. The number of alkyl halides is 3. The Kier molecular flexibility index (Phi) is 17.9. The van der Waals surface area contributed by atoms with Crippen LogP contribution in [0.5, 0.6) is 11.5 Å². The first kappa shape index (κ1) is 53.1. The molecule has 8 rings (SSSR count). The fourth-order valence-corrected chi connectivity index (χ4v) is 7.73. The summed E-state index contributed by atoms with van der Waals surface area (Å²) in [7, 11) is 7.67. The SMILES string of the molecule is C#Cc1cc(Nc2ncnc3cc(O[C@H]4CCOC4)c(CC(=O)/C=C/CN(C)C)cc23)cc(C(F)(F)F)c1.C#Cc1ccc(F)c(Nc2ncnc3cc(O[C@H]4CCOC4)c(CC(=O)/C=C/CN(C)C)cc23)c1. The molecule has 0 bridgehead atoms. The molecule has 0 amide bonds. The maximum atomic E-state index is 14.4. The number of allylic oxidation sites excluding steroid dienone is 2. The van der Waals surface area contributed by atoms with Gasteiger partial charge in [-0.05, 0) is 88.9 Å². The molecule has 73 heavy (non-hydrogen) atoms. The van der Waals surface area contributed by atoms with Gasteiger partial charge in [0.15, 0.2) is 11.6 Å². The van der Waals surface area contributed by atoms with E-state index >= 15 is 0 Å². The number of carbonyl (C=O) groups excluding carboxylic acids is 2. The highest BCUT2D eigenvalue weighted by molar-refractivity contribution is 5.97. The second-order valence-electron chi connectivity index (χ2n) is 17.8. The molecule has 4 heterocycles. The van der Waals surface area contributed by atoms with Crippen LogP contribution < -0.4 is 20.1 Å². The number of hydrogen-bond donors (Lipinski definition) is 2. The first-order chi connectivity index (χ1) is 35.0. The lowest BCUT2D eigenvalue weighted by Gasteiger charge is -2.17. The van der Waals surface area contributed by atoms with E-state index in [0.717, 1.165) is 25.0 Å². The molecule has 2 saturated heterocycles. The number of carbonyl (C=O) groups is 2. The van der Waals surface area contributed by atoms with E-state index < -0.39 is 17.6 Å². The lowest BCUT2D eigenvalue weighted by molar-refractivity contribution is -0.137. The van der Waals surface area contributed by atoms with Crippen molar-refractivity contribution in [2.24, 2.45) is 0 Å². The summed E-state index contributed by atoms with van der Waals surface area (Å²) in [4.78, 5) is 46.6. The number of aromatic nitrogens is 4. The Labute approximate surface area is 420 Å². The Bertz CT molecular complexity index is 3100. The van der Waals surface area contributed by atoms with Crippen molar-refractivity contribution in [1.82, 2.24) is 29.7 Å². The van der Waals surface area contributed by atoms with E-state index in [4.69, 9.17) is 31.8 Å². The summed E-state index contributed by atoms with van der Waals surface area (Å²) in [5, 5.41) is 7.11. The summed E-state index contributed by atoms with van der Waals surface area (Å²) in [5.74, 6) is 5.86. The predicted octanol–water partition coefficient (Wildman–Crippen LogP) is 8.66. The second-order valence-corrected chi connectivity index (χ2v) is 17.8. The van der Waals surface area contributed by atoms with E-state index in [1.807, 2.05) is 50.1 Å². The van der Waals surface area contributed by atoms with Crippen LogP contribution in [0.2, 0.25) is 0 Å². The van der Waals surface area contributed by atoms with Crippen LogP contribution in [-0.4, -0.2) is 121 Å². The van der Waals surface area contributed by atoms with Gasteiger partial charge in [0.2, 0.25) is 0 Å². The van der Waals surface area contributed by atoms with Crippen molar-refractivity contribution in [2.75, 3.05) is 78.3 Å². The average Bonchev–Trinajstić information content (AvgIpc) is 4.08. The molecule has 14 nitrogen and oxygen atoms in total. The minimum absolute atomic E-state index is 0.0575. The van der Waals surface area contributed by atoms with Gasteiger partial charge >= 0.3 is 6.18 Å². The van der Waals surface area contributed by atoms with Gasteiger partial charge in [0.25, 0.3) is 0 Å². The van der Waals surface area contributed by atoms with Crippen molar-refractivity contribution in [3.05, 3.63) is 131 Å². The highest BCUT2D eigenvalue weighted by Crippen LogP contribution is 2.36. The van der Waals surface area contributed by atoms with E-state index in [1.165, 1.54) is 36.9 Å². The molecule has 6 aromatic rings. The van der Waals surface area contributed by atoms with Crippen molar-refractivity contribution in [2.45, 2.75) is 44.1 Å². The minimum atomic E-state index is -4.57. The second kappa shape index (κ2) is 24.6. The molecule has 2 aliphatic heterocycles. The standard InChI is InChI=1S/C28H27F3N4O3.C27H27FN4O3/c1-4-18-10-20(28(29,30)31)14-21(11-18)34-27-24-13-19(12-22(36)6-5-8-35(2)3)26(15-25(24)32-17-33-27)38-23-7-9-37-16-23;1-4-18-7-8-23(28)25(12-18)31-27-22-14-19(13-20(33)6-5-10-32(2)3)26(15-24(22)29-17-30-27)35-21-9-11-34-16-21/h1,5-6,10-11,13-15,17,23H,7-9,12,16H2,2-3H3,(H,32,33,34);1,5-8,12,14-15,17,21H,9-11,13,16H2,2-3H3,(H,29,30,31)/b2*6-5+/t23-;21-/m00/s1. The Balaban J connectivity index is 0.000000214. The quantitative estimate of drug-likeness (QED) is 0.0480. The topological polar surface area (TPSA) is 153 Å². The molecular weight excluding hydrogens is 945 g/mol. The van der Waals surface area contributed by atoms with Gasteiger partial charge in [-0.2, -0.15) is 13.2 Å². The number of anilines is 4. The van der Waals surface area contributed by atoms with Crippen molar-refractivity contribution in [1.29, 1.82) is 0 Å². The smallest absolute Gasteiger partial charge is 0.416 e. The predicted molar refractivity (Wildman–Crippen MR) is 272 cm³/mol. The van der Waals surface area contributed by atoms with Gasteiger partial charge in [0.1, 0.15) is 53.8 Å². The third-order valence-electron chi connectivity index (χ3n) is 11.4. The van der Waals surface area contributed by atoms with Gasteiger partial charge in [-0.15, -0.1) is 12.8 Å². The maximum absolute atomic E-state index is 14.4. The van der Waals surface area contributed by atoms with Gasteiger partial charge in [-0.3, -0.25) is 9.59 Å². The third-order valence-corrected chi connectivity index (χ3v) is 11.4. The van der Waals surface area contributed by atoms with Crippen molar-refractivity contribution < 1.29 is 46.1 Å². The Morgan fingerprint density at radius 2 is 1.23 bits per heavy atom. The molecule has 0 spiro atoms. The summed E-state index contributed by atoms with van der Waals surface area (Å²) in [5.41, 5.74) is 2.47. The van der Waals surface area contributed by atoms with Gasteiger partial charge in [0.05, 0.1) is 48.7 Å². The molecule has 378 valence electrons. The largest absolute Gasteiger partial charge is 0.488 e. The molecule has 0 unspecified atom stereocenters. The molecule has 18 heteroatoms. The molecule has 2 atom stereocenters. The molecule has 0 saturated carbocycles. The zero-order valence-corrected chi connectivity index (χ0v) is 40.8. The number of halogens is 4. The molecule has 2 fully saturated rings. The molecule has 0 aliphatic carbocycles. The van der Waals surface area contributed by atoms with Crippen LogP contribution in [0.4, 0.5) is 40.6 Å². The number of hydrogen-bond acceptors (Lipinski definition) is 14. The number of rotatable bonds is 18. The Hall–Kier alpha value is -7.74. The molecule has 0 radical (unpaired) electrons. The van der Waals surface area contributed by atoms with E-state index in [2.05, 4.69) is 42.4 Å². The summed E-state index contributed by atoms with van der Waals surface area (Å²) < 4.78 is 77.9. The van der Waals surface area contributed by atoms with Crippen LogP contribution in [0.3, 0.4) is 0 Å². The van der Waals surface area contributed by atoms with Crippen molar-refractivity contribution in [3.8, 4) is 36.2 Å². The van der Waals surface area contributed by atoms with Crippen LogP contribution in [0.25, 0.3) is 21.8 Å². The highest BCUT2D eigenvalue weighted by Gasteiger charge is 2.31. The van der Waals surface area contributed by atoms with Crippen LogP contribution in [0, 0.1) is 30.5 Å². The summed E-state index contributed by atoms with van der Waals surface area (Å²) in [6.07, 6.45) is 17.1. The summed E-state index contributed by atoms with van der Waals surface area (Å²) >= 11 is 0. The van der Waals surface area contributed by atoms with Crippen LogP contribution in [-0.2, 0) is 38.1 Å². The number of nitrogens with zero attached hydrogens (tertiary/aromatic N) is 6.